The average Bonchev–Trinajstić information content (AvgIpc) is 2.43. The van der Waals surface area contributed by atoms with E-state index in [1.807, 2.05) is 6.07 Å². The summed E-state index contributed by atoms with van der Waals surface area (Å²) >= 11 is 0. The molecule has 1 aliphatic rings. The second-order valence-corrected chi connectivity index (χ2v) is 6.46. The second-order valence-electron chi connectivity index (χ2n) is 6.46. The van der Waals surface area contributed by atoms with Crippen LogP contribution < -0.4 is 4.74 Å². The normalized spacial score (nSPS) is 17.4. The molecule has 0 spiro atoms. The van der Waals surface area contributed by atoms with Crippen molar-refractivity contribution < 1.29 is 23.8 Å². The maximum absolute atomic E-state index is 11.7. The van der Waals surface area contributed by atoms with Gasteiger partial charge in [-0.25, -0.2) is 4.79 Å². The van der Waals surface area contributed by atoms with Crippen LogP contribution in [0.3, 0.4) is 0 Å². The molecule has 5 nitrogen and oxygen atoms in total. The van der Waals surface area contributed by atoms with Gasteiger partial charge >= 0.3 is 12.1 Å². The van der Waals surface area contributed by atoms with Crippen LogP contribution in [0.2, 0.25) is 0 Å². The summed E-state index contributed by atoms with van der Waals surface area (Å²) in [5, 5.41) is 0. The Balaban J connectivity index is 2.08. The zero-order valence-corrected chi connectivity index (χ0v) is 13.5. The number of aryl methyl sites for hydroxylation is 1. The number of methoxy groups -OCH3 is 1. The van der Waals surface area contributed by atoms with Gasteiger partial charge in [0.25, 0.3) is 0 Å². The Morgan fingerprint density at radius 1 is 1.18 bits per heavy atom. The first-order valence-corrected chi connectivity index (χ1v) is 7.39. The van der Waals surface area contributed by atoms with Crippen molar-refractivity contribution in [2.75, 3.05) is 7.11 Å². The van der Waals surface area contributed by atoms with E-state index in [9.17, 15) is 9.59 Å². The number of fused-ring (bicyclic) bond motifs is 1. The molecule has 1 aromatic carbocycles. The van der Waals surface area contributed by atoms with E-state index < -0.39 is 11.8 Å². The second kappa shape index (κ2) is 6.38. The number of ether oxygens (including phenoxy) is 3. The quantitative estimate of drug-likeness (QED) is 0.620. The van der Waals surface area contributed by atoms with Gasteiger partial charge in [-0.15, -0.1) is 0 Å². The van der Waals surface area contributed by atoms with Crippen molar-refractivity contribution >= 4 is 12.1 Å². The van der Waals surface area contributed by atoms with E-state index in [4.69, 9.17) is 14.2 Å². The maximum atomic E-state index is 11.7. The van der Waals surface area contributed by atoms with E-state index in [2.05, 4.69) is 0 Å². The zero-order chi connectivity index (χ0) is 16.3. The molecule has 1 aliphatic carbocycles. The van der Waals surface area contributed by atoms with Crippen LogP contribution in [0.1, 0.15) is 38.3 Å². The Labute approximate surface area is 130 Å². The smallest absolute Gasteiger partial charge is 0.469 e. The lowest BCUT2D eigenvalue weighted by molar-refractivity contribution is -0.145. The van der Waals surface area contributed by atoms with E-state index in [0.29, 0.717) is 12.2 Å². The molecule has 0 saturated heterocycles. The Bertz CT molecular complexity index is 571. The topological polar surface area (TPSA) is 61.8 Å². The molecule has 0 heterocycles. The fraction of sp³-hybridized carbons (Fsp3) is 0.529. The third-order valence-electron chi connectivity index (χ3n) is 3.53. The van der Waals surface area contributed by atoms with Crippen molar-refractivity contribution in [3.05, 3.63) is 29.3 Å². The van der Waals surface area contributed by atoms with Crippen LogP contribution >= 0.6 is 0 Å². The molecule has 0 amide bonds. The summed E-state index contributed by atoms with van der Waals surface area (Å²) in [6.45, 7) is 5.34. The van der Waals surface area contributed by atoms with E-state index in [1.54, 1.807) is 32.9 Å². The molecule has 0 radical (unpaired) electrons. The highest BCUT2D eigenvalue weighted by atomic mass is 16.7. The summed E-state index contributed by atoms with van der Waals surface area (Å²) in [6, 6.07) is 5.48. The monoisotopic (exact) mass is 306 g/mol. The maximum Gasteiger partial charge on any atom is 0.514 e. The van der Waals surface area contributed by atoms with Crippen LogP contribution in [0, 0.1) is 5.92 Å². The van der Waals surface area contributed by atoms with Crippen molar-refractivity contribution in [3.8, 4) is 5.75 Å². The van der Waals surface area contributed by atoms with E-state index in [1.165, 1.54) is 12.7 Å². The van der Waals surface area contributed by atoms with Gasteiger partial charge in [0.15, 0.2) is 0 Å². The minimum absolute atomic E-state index is 0.130. The van der Waals surface area contributed by atoms with Gasteiger partial charge in [0.1, 0.15) is 11.4 Å². The van der Waals surface area contributed by atoms with Gasteiger partial charge in [-0.2, -0.15) is 0 Å². The van der Waals surface area contributed by atoms with Crippen molar-refractivity contribution in [2.24, 2.45) is 5.92 Å². The number of hydrogen-bond acceptors (Lipinski definition) is 5. The van der Waals surface area contributed by atoms with Crippen molar-refractivity contribution in [1.82, 2.24) is 0 Å². The van der Waals surface area contributed by atoms with Crippen LogP contribution in [0.5, 0.6) is 5.75 Å². The summed E-state index contributed by atoms with van der Waals surface area (Å²) in [4.78, 5) is 23.4. The van der Waals surface area contributed by atoms with Gasteiger partial charge in [-0.3, -0.25) is 4.79 Å². The minimum atomic E-state index is -0.729. The van der Waals surface area contributed by atoms with Gasteiger partial charge < -0.3 is 14.2 Å². The lowest BCUT2D eigenvalue weighted by Crippen LogP contribution is -2.26. The lowest BCUT2D eigenvalue weighted by Gasteiger charge is -2.23. The molecule has 22 heavy (non-hydrogen) atoms. The fourth-order valence-electron chi connectivity index (χ4n) is 2.53. The number of rotatable bonds is 2. The van der Waals surface area contributed by atoms with Crippen LogP contribution in [0.25, 0.3) is 0 Å². The highest BCUT2D eigenvalue weighted by Crippen LogP contribution is 2.29. The van der Waals surface area contributed by atoms with Gasteiger partial charge in [0.05, 0.1) is 13.0 Å². The molecule has 0 fully saturated rings. The molecule has 0 bridgehead atoms. The Hall–Kier alpha value is -2.04. The molecule has 5 heteroatoms. The highest BCUT2D eigenvalue weighted by molar-refractivity contribution is 5.73. The zero-order valence-electron chi connectivity index (χ0n) is 13.5. The molecule has 0 saturated carbocycles. The molecule has 120 valence electrons. The van der Waals surface area contributed by atoms with E-state index in [-0.39, 0.29) is 11.9 Å². The third-order valence-corrected chi connectivity index (χ3v) is 3.53. The molecule has 0 aliphatic heterocycles. The summed E-state index contributed by atoms with van der Waals surface area (Å²) in [7, 11) is 1.40. The summed E-state index contributed by atoms with van der Waals surface area (Å²) < 4.78 is 15.1. The molecule has 0 aromatic heterocycles. The standard InChI is InChI=1S/C17H22O5/c1-17(2,3)22-16(19)21-14-8-7-11-5-6-12(15(18)20-4)9-13(11)10-14/h7-8,10,12H,5-6,9H2,1-4H3. The first kappa shape index (κ1) is 16.3. The Morgan fingerprint density at radius 2 is 1.91 bits per heavy atom. The minimum Gasteiger partial charge on any atom is -0.469 e. The number of hydrogen-bond donors (Lipinski definition) is 0. The van der Waals surface area contributed by atoms with Crippen molar-refractivity contribution in [3.63, 3.8) is 0 Å². The van der Waals surface area contributed by atoms with E-state index >= 15 is 0 Å². The Morgan fingerprint density at radius 3 is 2.55 bits per heavy atom. The van der Waals surface area contributed by atoms with Crippen LogP contribution in [0.4, 0.5) is 4.79 Å². The molecule has 2 rings (SSSR count). The Kier molecular flexibility index (Phi) is 4.74. The van der Waals surface area contributed by atoms with E-state index in [0.717, 1.165) is 18.4 Å². The molecular formula is C17H22O5. The van der Waals surface area contributed by atoms with Gasteiger partial charge in [-0.05, 0) is 63.3 Å². The highest BCUT2D eigenvalue weighted by Gasteiger charge is 2.26. The van der Waals surface area contributed by atoms with Crippen molar-refractivity contribution in [1.29, 1.82) is 0 Å². The third kappa shape index (κ3) is 4.23. The van der Waals surface area contributed by atoms with Gasteiger partial charge in [0.2, 0.25) is 0 Å². The van der Waals surface area contributed by atoms with Crippen LogP contribution in [-0.2, 0) is 27.1 Å². The molecule has 0 N–H and O–H groups in total. The van der Waals surface area contributed by atoms with Crippen molar-refractivity contribution in [2.45, 2.75) is 45.6 Å². The molecular weight excluding hydrogens is 284 g/mol. The molecule has 1 atom stereocenters. The predicted molar refractivity (Wildman–Crippen MR) is 80.8 cm³/mol. The van der Waals surface area contributed by atoms with Gasteiger partial charge in [-0.1, -0.05) is 6.07 Å². The number of benzene rings is 1. The summed E-state index contributed by atoms with van der Waals surface area (Å²) in [5.41, 5.74) is 1.60. The number of carbonyl (C=O) groups excluding carboxylic acids is 2. The summed E-state index contributed by atoms with van der Waals surface area (Å²) in [5.74, 6) is 0.108. The molecule has 1 aromatic rings. The SMILES string of the molecule is COC(=O)C1CCc2ccc(OC(=O)OC(C)(C)C)cc2C1. The number of esters is 1. The molecule has 1 unspecified atom stereocenters. The largest absolute Gasteiger partial charge is 0.514 e. The summed E-state index contributed by atoms with van der Waals surface area (Å²) in [6.07, 6.45) is 1.48. The number of carbonyl (C=O) groups is 2. The fourth-order valence-corrected chi connectivity index (χ4v) is 2.53. The van der Waals surface area contributed by atoms with Crippen LogP contribution in [0.15, 0.2) is 18.2 Å². The first-order valence-electron chi connectivity index (χ1n) is 7.39. The van der Waals surface area contributed by atoms with Crippen LogP contribution in [-0.4, -0.2) is 24.8 Å². The average molecular weight is 306 g/mol. The van der Waals surface area contributed by atoms with Gasteiger partial charge in [0, 0.05) is 0 Å². The predicted octanol–water partition coefficient (Wildman–Crippen LogP) is 3.28. The first-order chi connectivity index (χ1) is 10.3. The lowest BCUT2D eigenvalue weighted by atomic mass is 9.84.